The zero-order valence-corrected chi connectivity index (χ0v) is 16.5. The van der Waals surface area contributed by atoms with E-state index in [1.165, 1.54) is 22.8 Å². The summed E-state index contributed by atoms with van der Waals surface area (Å²) in [7, 11) is 0. The molecule has 1 amide bonds. The molecule has 0 spiro atoms. The molecule has 0 radical (unpaired) electrons. The SMILES string of the molecule is CCn1c(SC(C)C(=O)Nc2ccccc2C(F)(F)F)nc2ccccc2c1=O. The van der Waals surface area contributed by atoms with Crippen LogP contribution in [-0.2, 0) is 17.5 Å². The number of thioether (sulfide) groups is 1. The minimum absolute atomic E-state index is 0.226. The molecule has 1 atom stereocenters. The van der Waals surface area contributed by atoms with Crippen LogP contribution in [0.3, 0.4) is 0 Å². The summed E-state index contributed by atoms with van der Waals surface area (Å²) < 4.78 is 40.8. The van der Waals surface area contributed by atoms with Crippen LogP contribution in [-0.4, -0.2) is 20.7 Å². The predicted octanol–water partition coefficient (Wildman–Crippen LogP) is 4.55. The van der Waals surface area contributed by atoms with Gasteiger partial charge in [0.15, 0.2) is 5.16 Å². The topological polar surface area (TPSA) is 64.0 Å². The standard InChI is InChI=1S/C20H18F3N3O2S/c1-3-26-18(28)13-8-4-6-10-15(13)25-19(26)29-12(2)17(27)24-16-11-7-5-9-14(16)20(21,22)23/h4-12H,3H2,1-2H3,(H,24,27). The second-order valence-corrected chi connectivity index (χ2v) is 7.56. The van der Waals surface area contributed by atoms with Crippen LogP contribution in [0.25, 0.3) is 10.9 Å². The van der Waals surface area contributed by atoms with Crippen molar-refractivity contribution in [2.75, 3.05) is 5.32 Å². The molecule has 0 aliphatic rings. The largest absolute Gasteiger partial charge is 0.418 e. The zero-order valence-electron chi connectivity index (χ0n) is 15.7. The molecule has 0 aliphatic heterocycles. The van der Waals surface area contributed by atoms with Crippen molar-refractivity contribution >= 4 is 34.3 Å². The summed E-state index contributed by atoms with van der Waals surface area (Å²) in [5.74, 6) is -0.614. The fourth-order valence-corrected chi connectivity index (χ4v) is 3.77. The third-order valence-corrected chi connectivity index (χ3v) is 5.37. The first kappa shape index (κ1) is 20.9. The van der Waals surface area contributed by atoms with Gasteiger partial charge in [-0.2, -0.15) is 13.2 Å². The number of anilines is 1. The summed E-state index contributed by atoms with van der Waals surface area (Å²) in [5.41, 5.74) is -0.952. The average molecular weight is 421 g/mol. The van der Waals surface area contributed by atoms with E-state index >= 15 is 0 Å². The molecule has 29 heavy (non-hydrogen) atoms. The van der Waals surface area contributed by atoms with Gasteiger partial charge in [0.2, 0.25) is 5.91 Å². The molecular formula is C20H18F3N3O2S. The van der Waals surface area contributed by atoms with E-state index in [1.54, 1.807) is 38.1 Å². The van der Waals surface area contributed by atoms with Gasteiger partial charge in [-0.3, -0.25) is 14.2 Å². The van der Waals surface area contributed by atoms with Gasteiger partial charge in [0.25, 0.3) is 5.56 Å². The Morgan fingerprint density at radius 2 is 1.83 bits per heavy atom. The van der Waals surface area contributed by atoms with Crippen LogP contribution in [0.15, 0.2) is 58.5 Å². The Labute approximate surface area is 169 Å². The van der Waals surface area contributed by atoms with E-state index in [9.17, 15) is 22.8 Å². The van der Waals surface area contributed by atoms with Crippen molar-refractivity contribution in [3.63, 3.8) is 0 Å². The van der Waals surface area contributed by atoms with Gasteiger partial charge in [-0.25, -0.2) is 4.98 Å². The Balaban J connectivity index is 1.87. The fraction of sp³-hybridized carbons (Fsp3) is 0.250. The van der Waals surface area contributed by atoms with Gasteiger partial charge in [-0.05, 0) is 38.1 Å². The number of aromatic nitrogens is 2. The molecular weight excluding hydrogens is 403 g/mol. The number of carbonyl (C=O) groups is 1. The normalized spacial score (nSPS) is 12.7. The molecule has 0 saturated carbocycles. The second kappa shape index (κ2) is 8.28. The lowest BCUT2D eigenvalue weighted by atomic mass is 10.1. The van der Waals surface area contributed by atoms with Crippen LogP contribution in [0.4, 0.5) is 18.9 Å². The van der Waals surface area contributed by atoms with E-state index in [1.807, 2.05) is 0 Å². The maximum Gasteiger partial charge on any atom is 0.418 e. The number of carbonyl (C=O) groups excluding carboxylic acids is 1. The molecule has 3 aromatic rings. The number of alkyl halides is 3. The number of nitrogens with zero attached hydrogens (tertiary/aromatic N) is 2. The van der Waals surface area contributed by atoms with Gasteiger partial charge in [0.1, 0.15) is 0 Å². The van der Waals surface area contributed by atoms with Crippen molar-refractivity contribution in [3.8, 4) is 0 Å². The quantitative estimate of drug-likeness (QED) is 0.485. The van der Waals surface area contributed by atoms with Crippen LogP contribution >= 0.6 is 11.8 Å². The number of hydrogen-bond donors (Lipinski definition) is 1. The molecule has 1 heterocycles. The van der Waals surface area contributed by atoms with Crippen molar-refractivity contribution in [2.45, 2.75) is 37.0 Å². The lowest BCUT2D eigenvalue weighted by molar-refractivity contribution is -0.137. The summed E-state index contributed by atoms with van der Waals surface area (Å²) in [4.78, 5) is 29.7. The highest BCUT2D eigenvalue weighted by Gasteiger charge is 2.34. The van der Waals surface area contributed by atoms with Crippen molar-refractivity contribution in [1.29, 1.82) is 0 Å². The number of para-hydroxylation sites is 2. The molecule has 2 aromatic carbocycles. The number of benzene rings is 2. The lowest BCUT2D eigenvalue weighted by Gasteiger charge is -2.17. The van der Waals surface area contributed by atoms with Gasteiger partial charge in [-0.1, -0.05) is 36.0 Å². The maximum atomic E-state index is 13.1. The smallest absolute Gasteiger partial charge is 0.325 e. The summed E-state index contributed by atoms with van der Waals surface area (Å²) in [6, 6.07) is 11.7. The first-order valence-corrected chi connectivity index (χ1v) is 9.73. The van der Waals surface area contributed by atoms with E-state index < -0.39 is 22.9 Å². The number of halogens is 3. The summed E-state index contributed by atoms with van der Waals surface area (Å²) >= 11 is 1.02. The number of hydrogen-bond acceptors (Lipinski definition) is 4. The summed E-state index contributed by atoms with van der Waals surface area (Å²) in [5, 5.41) is 2.36. The molecule has 1 N–H and O–H groups in total. The van der Waals surface area contributed by atoms with Crippen molar-refractivity contribution < 1.29 is 18.0 Å². The Hall–Kier alpha value is -2.81. The van der Waals surface area contributed by atoms with Crippen molar-refractivity contribution in [1.82, 2.24) is 9.55 Å². The number of rotatable bonds is 5. The van der Waals surface area contributed by atoms with Gasteiger partial charge >= 0.3 is 6.18 Å². The van der Waals surface area contributed by atoms with E-state index in [4.69, 9.17) is 0 Å². The Bertz CT molecular complexity index is 1110. The van der Waals surface area contributed by atoms with Gasteiger partial charge in [0, 0.05) is 6.54 Å². The molecule has 1 unspecified atom stereocenters. The van der Waals surface area contributed by atoms with Gasteiger partial charge < -0.3 is 5.32 Å². The summed E-state index contributed by atoms with van der Waals surface area (Å²) in [6.07, 6.45) is -4.58. The highest BCUT2D eigenvalue weighted by Crippen LogP contribution is 2.35. The van der Waals surface area contributed by atoms with E-state index in [0.717, 1.165) is 17.8 Å². The minimum Gasteiger partial charge on any atom is -0.325 e. The maximum absolute atomic E-state index is 13.1. The number of fused-ring (bicyclic) bond motifs is 1. The van der Waals surface area contributed by atoms with Crippen LogP contribution in [0.5, 0.6) is 0 Å². The Kier molecular flexibility index (Phi) is 5.97. The second-order valence-electron chi connectivity index (χ2n) is 6.25. The molecule has 1 aromatic heterocycles. The molecule has 9 heteroatoms. The minimum atomic E-state index is -4.58. The highest BCUT2D eigenvalue weighted by molar-refractivity contribution is 8.00. The van der Waals surface area contributed by atoms with E-state index in [-0.39, 0.29) is 11.2 Å². The Morgan fingerprint density at radius 1 is 1.17 bits per heavy atom. The first-order valence-electron chi connectivity index (χ1n) is 8.85. The third-order valence-electron chi connectivity index (χ3n) is 4.28. The highest BCUT2D eigenvalue weighted by atomic mass is 32.2. The summed E-state index contributed by atoms with van der Waals surface area (Å²) in [6.45, 7) is 3.69. The molecule has 0 aliphatic carbocycles. The number of nitrogens with one attached hydrogen (secondary N) is 1. The molecule has 5 nitrogen and oxygen atoms in total. The van der Waals surface area contributed by atoms with Crippen molar-refractivity contribution in [3.05, 3.63) is 64.4 Å². The van der Waals surface area contributed by atoms with E-state index in [2.05, 4.69) is 10.3 Å². The van der Waals surface area contributed by atoms with Crippen LogP contribution in [0, 0.1) is 0 Å². The third kappa shape index (κ3) is 4.45. The van der Waals surface area contributed by atoms with E-state index in [0.29, 0.717) is 22.6 Å². The lowest BCUT2D eigenvalue weighted by Crippen LogP contribution is -2.27. The Morgan fingerprint density at radius 3 is 2.52 bits per heavy atom. The fourth-order valence-electron chi connectivity index (χ4n) is 2.80. The zero-order chi connectivity index (χ0) is 21.2. The monoisotopic (exact) mass is 421 g/mol. The van der Waals surface area contributed by atoms with Gasteiger partial charge in [-0.15, -0.1) is 0 Å². The molecule has 0 saturated heterocycles. The molecule has 3 rings (SSSR count). The van der Waals surface area contributed by atoms with Crippen molar-refractivity contribution in [2.24, 2.45) is 0 Å². The van der Waals surface area contributed by atoms with Crippen LogP contribution < -0.4 is 10.9 Å². The number of amides is 1. The molecule has 0 fully saturated rings. The molecule has 0 bridgehead atoms. The van der Waals surface area contributed by atoms with Crippen LogP contribution in [0.2, 0.25) is 0 Å². The molecule has 152 valence electrons. The predicted molar refractivity (Wildman–Crippen MR) is 107 cm³/mol. The van der Waals surface area contributed by atoms with Gasteiger partial charge in [0.05, 0.1) is 27.4 Å². The first-order chi connectivity index (χ1) is 13.7. The average Bonchev–Trinajstić information content (AvgIpc) is 2.68. The van der Waals surface area contributed by atoms with Crippen LogP contribution in [0.1, 0.15) is 19.4 Å².